The topological polar surface area (TPSA) is 60.2 Å². The normalized spacial score (nSPS) is 24.3. The molecule has 1 aliphatic rings. The van der Waals surface area contributed by atoms with E-state index < -0.39 is 9.84 Å². The molecule has 0 saturated heterocycles. The summed E-state index contributed by atoms with van der Waals surface area (Å²) in [5.74, 6) is 0.572. The Bertz CT molecular complexity index is 498. The molecule has 1 fully saturated rings. The lowest BCUT2D eigenvalue weighted by Gasteiger charge is -2.14. The highest BCUT2D eigenvalue weighted by atomic mass is 79.9. The van der Waals surface area contributed by atoms with E-state index in [9.17, 15) is 8.42 Å². The van der Waals surface area contributed by atoms with E-state index in [1.807, 2.05) is 0 Å². The van der Waals surface area contributed by atoms with E-state index in [4.69, 9.17) is 5.73 Å². The molecule has 0 amide bonds. The molecule has 3 nitrogen and oxygen atoms in total. The summed E-state index contributed by atoms with van der Waals surface area (Å²) < 4.78 is 25.2. The van der Waals surface area contributed by atoms with Crippen molar-refractivity contribution in [3.63, 3.8) is 0 Å². The molecule has 2 N–H and O–H groups in total. The Kier molecular flexibility index (Phi) is 4.45. The second-order valence-electron chi connectivity index (χ2n) is 4.92. The second kappa shape index (κ2) is 5.72. The monoisotopic (exact) mass is 331 g/mol. The van der Waals surface area contributed by atoms with Crippen LogP contribution in [0.1, 0.15) is 25.7 Å². The van der Waals surface area contributed by atoms with Crippen LogP contribution in [-0.4, -0.2) is 20.2 Å². The first-order valence-electron chi connectivity index (χ1n) is 6.23. The Morgan fingerprint density at radius 1 is 1.22 bits per heavy atom. The van der Waals surface area contributed by atoms with Crippen LogP contribution in [0.3, 0.4) is 0 Å². The maximum Gasteiger partial charge on any atom is 0.178 e. The molecule has 1 saturated carbocycles. The van der Waals surface area contributed by atoms with Crippen molar-refractivity contribution < 1.29 is 8.42 Å². The highest BCUT2D eigenvalue weighted by Crippen LogP contribution is 2.28. The highest BCUT2D eigenvalue weighted by Gasteiger charge is 2.26. The summed E-state index contributed by atoms with van der Waals surface area (Å²) in [5.41, 5.74) is 5.97. The van der Waals surface area contributed by atoms with Gasteiger partial charge in [-0.1, -0.05) is 22.4 Å². The number of rotatable bonds is 4. The molecule has 1 aromatic rings. The van der Waals surface area contributed by atoms with Gasteiger partial charge in [-0.2, -0.15) is 0 Å². The van der Waals surface area contributed by atoms with E-state index in [0.717, 1.165) is 23.7 Å². The third-order valence-corrected chi connectivity index (χ3v) is 5.94. The van der Waals surface area contributed by atoms with Crippen molar-refractivity contribution in [2.75, 3.05) is 5.75 Å². The summed E-state index contributed by atoms with van der Waals surface area (Å²) in [6, 6.07) is 7.00. The molecule has 0 aromatic heterocycles. The summed E-state index contributed by atoms with van der Waals surface area (Å²) in [5, 5.41) is 0. The van der Waals surface area contributed by atoms with Gasteiger partial charge in [0, 0.05) is 10.5 Å². The Labute approximate surface area is 117 Å². The van der Waals surface area contributed by atoms with Gasteiger partial charge in [0.1, 0.15) is 0 Å². The van der Waals surface area contributed by atoms with Crippen LogP contribution < -0.4 is 5.73 Å². The molecule has 1 aromatic carbocycles. The predicted molar refractivity (Wildman–Crippen MR) is 76.1 cm³/mol. The average molecular weight is 332 g/mol. The van der Waals surface area contributed by atoms with Gasteiger partial charge in [0.05, 0.1) is 10.6 Å². The summed E-state index contributed by atoms with van der Waals surface area (Å²) in [6.07, 6.45) is 3.91. The van der Waals surface area contributed by atoms with Gasteiger partial charge in [-0.15, -0.1) is 0 Å². The fraction of sp³-hybridized carbons (Fsp3) is 0.538. The zero-order chi connectivity index (χ0) is 13.2. The van der Waals surface area contributed by atoms with E-state index in [1.165, 1.54) is 0 Å². The van der Waals surface area contributed by atoms with Crippen LogP contribution >= 0.6 is 15.9 Å². The van der Waals surface area contributed by atoms with Gasteiger partial charge in [0.2, 0.25) is 0 Å². The second-order valence-corrected chi connectivity index (χ2v) is 7.94. The molecule has 0 radical (unpaired) electrons. The molecule has 2 atom stereocenters. The van der Waals surface area contributed by atoms with Crippen LogP contribution in [0.4, 0.5) is 0 Å². The quantitative estimate of drug-likeness (QED) is 0.922. The molecule has 0 aliphatic heterocycles. The lowest BCUT2D eigenvalue weighted by Crippen LogP contribution is -2.26. The van der Waals surface area contributed by atoms with Crippen LogP contribution in [0.5, 0.6) is 0 Å². The predicted octanol–water partition coefficient (Wildman–Crippen LogP) is 2.74. The van der Waals surface area contributed by atoms with Gasteiger partial charge in [0.15, 0.2) is 9.84 Å². The van der Waals surface area contributed by atoms with Crippen molar-refractivity contribution in [3.8, 4) is 0 Å². The average Bonchev–Trinajstić information content (AvgIpc) is 2.73. The Hall–Kier alpha value is -0.390. The summed E-state index contributed by atoms with van der Waals surface area (Å²) >= 11 is 3.30. The maximum absolute atomic E-state index is 12.2. The molecule has 5 heteroatoms. The minimum absolute atomic E-state index is 0.185. The van der Waals surface area contributed by atoms with E-state index >= 15 is 0 Å². The molecular formula is C13H18BrNO2S. The van der Waals surface area contributed by atoms with E-state index in [2.05, 4.69) is 15.9 Å². The van der Waals surface area contributed by atoms with Crippen molar-refractivity contribution in [3.05, 3.63) is 28.7 Å². The lowest BCUT2D eigenvalue weighted by atomic mass is 10.0. The number of nitrogens with two attached hydrogens (primary N) is 1. The van der Waals surface area contributed by atoms with Gasteiger partial charge >= 0.3 is 0 Å². The molecule has 0 bridgehead atoms. The van der Waals surface area contributed by atoms with Gasteiger partial charge in [-0.3, -0.25) is 0 Å². The molecule has 2 rings (SSSR count). The van der Waals surface area contributed by atoms with E-state index in [-0.39, 0.29) is 11.8 Å². The molecule has 0 heterocycles. The third kappa shape index (κ3) is 3.33. The van der Waals surface area contributed by atoms with E-state index in [1.54, 1.807) is 24.3 Å². The minimum atomic E-state index is -3.16. The van der Waals surface area contributed by atoms with Crippen LogP contribution in [0.2, 0.25) is 0 Å². The number of hydrogen-bond acceptors (Lipinski definition) is 3. The van der Waals surface area contributed by atoms with Crippen molar-refractivity contribution in [2.45, 2.75) is 36.6 Å². The summed E-state index contributed by atoms with van der Waals surface area (Å²) in [6.45, 7) is 0. The Balaban J connectivity index is 2.01. The number of sulfone groups is 1. The molecular weight excluding hydrogens is 314 g/mol. The smallest absolute Gasteiger partial charge is 0.178 e. The molecule has 18 heavy (non-hydrogen) atoms. The number of halogens is 1. The molecule has 1 aliphatic carbocycles. The fourth-order valence-corrected chi connectivity index (χ4v) is 4.15. The zero-order valence-electron chi connectivity index (χ0n) is 10.2. The fourth-order valence-electron chi connectivity index (χ4n) is 2.49. The lowest BCUT2D eigenvalue weighted by molar-refractivity contribution is 0.464. The summed E-state index contributed by atoms with van der Waals surface area (Å²) in [4.78, 5) is 0.400. The Morgan fingerprint density at radius 3 is 2.44 bits per heavy atom. The molecule has 2 unspecified atom stereocenters. The number of hydrogen-bond donors (Lipinski definition) is 1. The standard InChI is InChI=1S/C13H18BrNO2S/c14-11-4-6-12(7-5-11)18(16,17)9-8-10-2-1-3-13(10)15/h4-7,10,13H,1-3,8-9,15H2. The molecule has 0 spiro atoms. The molecule has 100 valence electrons. The first-order valence-corrected chi connectivity index (χ1v) is 8.67. The van der Waals surface area contributed by atoms with Gasteiger partial charge in [-0.25, -0.2) is 8.42 Å². The minimum Gasteiger partial charge on any atom is -0.327 e. The Morgan fingerprint density at radius 2 is 1.89 bits per heavy atom. The van der Waals surface area contributed by atoms with Crippen molar-refractivity contribution in [1.29, 1.82) is 0 Å². The van der Waals surface area contributed by atoms with Crippen molar-refractivity contribution >= 4 is 25.8 Å². The van der Waals surface area contributed by atoms with Crippen LogP contribution in [-0.2, 0) is 9.84 Å². The highest BCUT2D eigenvalue weighted by molar-refractivity contribution is 9.10. The first-order chi connectivity index (χ1) is 8.49. The maximum atomic E-state index is 12.2. The van der Waals surface area contributed by atoms with Crippen molar-refractivity contribution in [1.82, 2.24) is 0 Å². The first kappa shape index (κ1) is 14.0. The van der Waals surface area contributed by atoms with Gasteiger partial charge in [0.25, 0.3) is 0 Å². The number of benzene rings is 1. The van der Waals surface area contributed by atoms with Gasteiger partial charge in [-0.05, 0) is 49.4 Å². The summed E-state index contributed by atoms with van der Waals surface area (Å²) in [7, 11) is -3.16. The van der Waals surface area contributed by atoms with Gasteiger partial charge < -0.3 is 5.73 Å². The zero-order valence-corrected chi connectivity index (χ0v) is 12.6. The van der Waals surface area contributed by atoms with Crippen LogP contribution in [0.25, 0.3) is 0 Å². The van der Waals surface area contributed by atoms with E-state index in [0.29, 0.717) is 17.2 Å². The third-order valence-electron chi connectivity index (χ3n) is 3.65. The van der Waals surface area contributed by atoms with Crippen LogP contribution in [0.15, 0.2) is 33.6 Å². The SMILES string of the molecule is NC1CCCC1CCS(=O)(=O)c1ccc(Br)cc1. The largest absolute Gasteiger partial charge is 0.327 e. The van der Waals surface area contributed by atoms with Crippen molar-refractivity contribution in [2.24, 2.45) is 11.7 Å². The van der Waals surface area contributed by atoms with Crippen LogP contribution in [0, 0.1) is 5.92 Å².